The normalized spacial score (nSPS) is 16.3. The Morgan fingerprint density at radius 3 is 2.68 bits per heavy atom. The highest BCUT2D eigenvalue weighted by Crippen LogP contribution is 2.35. The van der Waals surface area contributed by atoms with Gasteiger partial charge in [0.15, 0.2) is 16.7 Å². The second-order valence-corrected chi connectivity index (χ2v) is 6.60. The number of rotatable bonds is 5. The van der Waals surface area contributed by atoms with Crippen molar-refractivity contribution in [2.75, 3.05) is 14.2 Å². The molecule has 3 N–H and O–H groups in total. The Kier molecular flexibility index (Phi) is 5.55. The van der Waals surface area contributed by atoms with E-state index in [0.29, 0.717) is 32.8 Å². The molecule has 1 amide bonds. The van der Waals surface area contributed by atoms with Crippen molar-refractivity contribution in [1.82, 2.24) is 5.32 Å². The zero-order chi connectivity index (χ0) is 20.3. The molecule has 1 aliphatic rings. The summed E-state index contributed by atoms with van der Waals surface area (Å²) in [5.41, 5.74) is 0.685. The number of hydrogen-bond donors (Lipinski definition) is 3. The molecule has 0 atom stereocenters. The number of nitrogens with one attached hydrogen (secondary N) is 1. The molecule has 1 saturated heterocycles. The summed E-state index contributed by atoms with van der Waals surface area (Å²) in [5.74, 6) is -0.926. The Hall–Kier alpha value is -3.46. The van der Waals surface area contributed by atoms with Crippen molar-refractivity contribution in [3.05, 3.63) is 52.4 Å². The topological polar surface area (TPSA) is 117 Å². The average Bonchev–Trinajstić information content (AvgIpc) is 3.01. The van der Waals surface area contributed by atoms with Gasteiger partial charge in [-0.1, -0.05) is 12.1 Å². The van der Waals surface area contributed by atoms with Crippen molar-refractivity contribution in [1.29, 1.82) is 0 Å². The molecule has 144 valence electrons. The Morgan fingerprint density at radius 1 is 1.21 bits per heavy atom. The van der Waals surface area contributed by atoms with E-state index in [1.807, 2.05) is 0 Å². The zero-order valence-corrected chi connectivity index (χ0v) is 15.7. The number of aromatic hydroxyl groups is 1. The fraction of sp³-hybridized carbons (Fsp3) is 0.105. The number of amidine groups is 1. The number of aliphatic imine (C=N–C) groups is 1. The molecule has 9 heteroatoms. The van der Waals surface area contributed by atoms with Gasteiger partial charge in [-0.3, -0.25) is 4.79 Å². The Balaban J connectivity index is 1.90. The first-order valence-electron chi connectivity index (χ1n) is 8.00. The first-order chi connectivity index (χ1) is 13.4. The number of hydrogen-bond acceptors (Lipinski definition) is 7. The summed E-state index contributed by atoms with van der Waals surface area (Å²) in [6.45, 7) is 0. The highest BCUT2D eigenvalue weighted by atomic mass is 32.2. The molecule has 8 nitrogen and oxygen atoms in total. The number of carbonyl (C=O) groups is 2. The molecule has 2 aromatic carbocycles. The molecule has 0 spiro atoms. The summed E-state index contributed by atoms with van der Waals surface area (Å²) in [7, 11) is 3.04. The van der Waals surface area contributed by atoms with Crippen molar-refractivity contribution >= 4 is 40.6 Å². The van der Waals surface area contributed by atoms with Crippen LogP contribution in [0.25, 0.3) is 6.08 Å². The van der Waals surface area contributed by atoms with Gasteiger partial charge in [0, 0.05) is 5.56 Å². The smallest absolute Gasteiger partial charge is 0.339 e. The number of amides is 1. The van der Waals surface area contributed by atoms with Crippen LogP contribution in [0.2, 0.25) is 0 Å². The molecular weight excluding hydrogens is 384 g/mol. The lowest BCUT2D eigenvalue weighted by Gasteiger charge is -2.10. The minimum absolute atomic E-state index is 0.270. The second kappa shape index (κ2) is 8.05. The van der Waals surface area contributed by atoms with Crippen molar-refractivity contribution in [3.8, 4) is 17.2 Å². The molecule has 3 rings (SSSR count). The van der Waals surface area contributed by atoms with Crippen molar-refractivity contribution in [2.45, 2.75) is 0 Å². The van der Waals surface area contributed by atoms with E-state index >= 15 is 0 Å². The molecular formula is C19H16N2O6S. The molecule has 0 saturated carbocycles. The van der Waals surface area contributed by atoms with Crippen LogP contribution in [-0.4, -0.2) is 41.5 Å². The average molecular weight is 400 g/mol. The predicted octanol–water partition coefficient (Wildman–Crippen LogP) is 3.00. The van der Waals surface area contributed by atoms with Gasteiger partial charge in [0.1, 0.15) is 11.3 Å². The van der Waals surface area contributed by atoms with Crippen LogP contribution in [0.1, 0.15) is 15.9 Å². The maximum absolute atomic E-state index is 12.3. The van der Waals surface area contributed by atoms with Crippen LogP contribution in [0, 0.1) is 0 Å². The summed E-state index contributed by atoms with van der Waals surface area (Å²) in [5, 5.41) is 21.6. The van der Waals surface area contributed by atoms with E-state index in [1.165, 1.54) is 32.4 Å². The molecule has 2 aromatic rings. The number of carbonyl (C=O) groups excluding carboxylic acids is 1. The summed E-state index contributed by atoms with van der Waals surface area (Å²) in [6, 6.07) is 9.24. The van der Waals surface area contributed by atoms with Gasteiger partial charge in [-0.15, -0.1) is 0 Å². The number of carboxylic acids is 1. The van der Waals surface area contributed by atoms with Crippen LogP contribution in [0.5, 0.6) is 17.2 Å². The minimum Gasteiger partial charge on any atom is -0.507 e. The van der Waals surface area contributed by atoms with E-state index in [2.05, 4.69) is 10.3 Å². The minimum atomic E-state index is -1.27. The van der Waals surface area contributed by atoms with E-state index in [9.17, 15) is 14.7 Å². The number of carboxylic acid groups (broad SMARTS) is 1. The fourth-order valence-corrected chi connectivity index (χ4v) is 3.36. The van der Waals surface area contributed by atoms with Crippen LogP contribution in [0.4, 0.5) is 5.69 Å². The molecule has 0 bridgehead atoms. The number of phenols is 1. The maximum Gasteiger partial charge on any atom is 0.339 e. The van der Waals surface area contributed by atoms with Crippen molar-refractivity contribution in [2.24, 2.45) is 4.99 Å². The SMILES string of the molecule is COc1cccc(/C=C2\SC(=Nc3ccc(O)c(C(=O)O)c3)NC2=O)c1OC. The molecule has 1 aliphatic heterocycles. The molecule has 28 heavy (non-hydrogen) atoms. The van der Waals surface area contributed by atoms with Gasteiger partial charge in [0.25, 0.3) is 5.91 Å². The number of methoxy groups -OCH3 is 2. The van der Waals surface area contributed by atoms with E-state index in [0.717, 1.165) is 11.8 Å². The van der Waals surface area contributed by atoms with Crippen LogP contribution >= 0.6 is 11.8 Å². The lowest BCUT2D eigenvalue weighted by Crippen LogP contribution is -2.19. The van der Waals surface area contributed by atoms with Crippen LogP contribution in [0.3, 0.4) is 0 Å². The monoisotopic (exact) mass is 400 g/mol. The Bertz CT molecular complexity index is 1020. The van der Waals surface area contributed by atoms with Gasteiger partial charge in [-0.25, -0.2) is 9.79 Å². The highest BCUT2D eigenvalue weighted by molar-refractivity contribution is 8.18. The Labute approximate surface area is 164 Å². The van der Waals surface area contributed by atoms with Gasteiger partial charge in [-0.05, 0) is 42.1 Å². The number of ether oxygens (including phenoxy) is 2. The Morgan fingerprint density at radius 2 is 2.00 bits per heavy atom. The lowest BCUT2D eigenvalue weighted by molar-refractivity contribution is -0.115. The third kappa shape index (κ3) is 3.94. The molecule has 0 aromatic heterocycles. The molecule has 0 radical (unpaired) electrons. The number of thioether (sulfide) groups is 1. The number of benzene rings is 2. The molecule has 1 fully saturated rings. The lowest BCUT2D eigenvalue weighted by atomic mass is 10.1. The third-order valence-corrected chi connectivity index (χ3v) is 4.72. The number of nitrogens with zero attached hydrogens (tertiary/aromatic N) is 1. The predicted molar refractivity (Wildman–Crippen MR) is 105 cm³/mol. The molecule has 0 aliphatic carbocycles. The summed E-state index contributed by atoms with van der Waals surface area (Å²) in [4.78, 5) is 28.0. The van der Waals surface area contributed by atoms with Crippen molar-refractivity contribution < 1.29 is 29.3 Å². The summed E-state index contributed by atoms with van der Waals surface area (Å²) in [6.07, 6.45) is 1.66. The number of aromatic carboxylic acids is 1. The molecule has 0 unspecified atom stereocenters. The highest BCUT2D eigenvalue weighted by Gasteiger charge is 2.25. The van der Waals surface area contributed by atoms with Gasteiger partial charge >= 0.3 is 5.97 Å². The molecule has 1 heterocycles. The van der Waals surface area contributed by atoms with Crippen LogP contribution in [0.15, 0.2) is 46.3 Å². The van der Waals surface area contributed by atoms with Gasteiger partial charge < -0.3 is 25.0 Å². The van der Waals surface area contributed by atoms with Gasteiger partial charge in [0.2, 0.25) is 0 Å². The van der Waals surface area contributed by atoms with Gasteiger partial charge in [-0.2, -0.15) is 0 Å². The maximum atomic E-state index is 12.3. The first kappa shape index (κ1) is 19.3. The third-order valence-electron chi connectivity index (χ3n) is 3.81. The van der Waals surface area contributed by atoms with E-state index in [-0.39, 0.29) is 17.2 Å². The second-order valence-electron chi connectivity index (χ2n) is 5.57. The van der Waals surface area contributed by atoms with Crippen LogP contribution in [-0.2, 0) is 4.79 Å². The van der Waals surface area contributed by atoms with E-state index < -0.39 is 5.97 Å². The summed E-state index contributed by atoms with van der Waals surface area (Å²) < 4.78 is 10.6. The standard InChI is InChI=1S/C19H16N2O6S/c1-26-14-5-3-4-10(16(14)27-2)8-15-17(23)21-19(28-15)20-11-6-7-13(22)12(9-11)18(24)25/h3-9,22H,1-2H3,(H,24,25)(H,20,21,23)/b15-8-. The van der Waals surface area contributed by atoms with Gasteiger partial charge in [0.05, 0.1) is 24.8 Å². The van der Waals surface area contributed by atoms with Crippen molar-refractivity contribution in [3.63, 3.8) is 0 Å². The fourth-order valence-electron chi connectivity index (χ4n) is 2.53. The summed E-state index contributed by atoms with van der Waals surface area (Å²) >= 11 is 1.10. The van der Waals surface area contributed by atoms with Crippen LogP contribution < -0.4 is 14.8 Å². The van der Waals surface area contributed by atoms with E-state index in [1.54, 1.807) is 24.3 Å². The van der Waals surface area contributed by atoms with E-state index in [4.69, 9.17) is 14.6 Å². The number of para-hydroxylation sites is 1. The first-order valence-corrected chi connectivity index (χ1v) is 8.81. The largest absolute Gasteiger partial charge is 0.507 e. The zero-order valence-electron chi connectivity index (χ0n) is 14.9. The quantitative estimate of drug-likeness (QED) is 0.661.